The van der Waals surface area contributed by atoms with Gasteiger partial charge in [0.25, 0.3) is 11.8 Å². The third-order valence-electron chi connectivity index (χ3n) is 5.12. The van der Waals surface area contributed by atoms with Gasteiger partial charge in [0, 0.05) is 24.9 Å². The number of benzene rings is 1. The van der Waals surface area contributed by atoms with Crippen molar-refractivity contribution >= 4 is 17.8 Å². The largest absolute Gasteiger partial charge is 0.369 e. The molecule has 0 saturated carbocycles. The third-order valence-corrected chi connectivity index (χ3v) is 5.12. The summed E-state index contributed by atoms with van der Waals surface area (Å²) in [5.74, 6) is 0.607. The van der Waals surface area contributed by atoms with Gasteiger partial charge in [0.15, 0.2) is 0 Å². The Bertz CT molecular complexity index is 775. The van der Waals surface area contributed by atoms with Gasteiger partial charge in [0.1, 0.15) is 5.54 Å². The summed E-state index contributed by atoms with van der Waals surface area (Å²) in [4.78, 5) is 33.2. The molecule has 0 spiro atoms. The monoisotopic (exact) mass is 368 g/mol. The van der Waals surface area contributed by atoms with Crippen LogP contribution in [-0.2, 0) is 4.79 Å². The Balaban J connectivity index is 1.64. The molecule has 27 heavy (non-hydrogen) atoms. The maximum Gasteiger partial charge on any atom is 0.261 e. The maximum absolute atomic E-state index is 12.8. The van der Waals surface area contributed by atoms with E-state index in [4.69, 9.17) is 5.73 Å². The van der Waals surface area contributed by atoms with Gasteiger partial charge in [0.2, 0.25) is 5.96 Å². The minimum absolute atomic E-state index is 0.0532. The van der Waals surface area contributed by atoms with Crippen LogP contribution >= 0.6 is 0 Å². The highest BCUT2D eigenvalue weighted by molar-refractivity contribution is 6.07. The van der Waals surface area contributed by atoms with Gasteiger partial charge in [-0.3, -0.25) is 14.5 Å². The Morgan fingerprint density at radius 1 is 1.26 bits per heavy atom. The number of aliphatic imine (C=N–C) groups is 1. The van der Waals surface area contributed by atoms with Gasteiger partial charge in [-0.05, 0) is 49.8 Å². The fourth-order valence-corrected chi connectivity index (χ4v) is 3.84. The minimum atomic E-state index is -0.778. The van der Waals surface area contributed by atoms with Crippen molar-refractivity contribution in [2.24, 2.45) is 16.6 Å². The number of nitrogens with zero attached hydrogens (tertiary/aromatic N) is 3. The van der Waals surface area contributed by atoms with Crippen molar-refractivity contribution in [2.45, 2.75) is 45.6 Å². The molecule has 1 saturated heterocycles. The summed E-state index contributed by atoms with van der Waals surface area (Å²) in [6.07, 6.45) is 3.97. The molecule has 0 aliphatic carbocycles. The van der Waals surface area contributed by atoms with Crippen molar-refractivity contribution in [3.8, 4) is 0 Å². The fourth-order valence-electron chi connectivity index (χ4n) is 3.84. The Hall–Kier alpha value is -2.63. The molecule has 1 unspecified atom stereocenters. The number of nitrogens with two attached hydrogens (primary N) is 1. The number of amides is 2. The van der Waals surface area contributed by atoms with Crippen molar-refractivity contribution < 1.29 is 9.59 Å². The predicted octanol–water partition coefficient (Wildman–Crippen LogP) is 2.77. The van der Waals surface area contributed by atoms with Gasteiger partial charge in [-0.15, -0.1) is 0 Å². The summed E-state index contributed by atoms with van der Waals surface area (Å²) >= 11 is 0. The molecule has 2 amide bonds. The number of carbonyl (C=O) groups excluding carboxylic acids is 2. The highest BCUT2D eigenvalue weighted by Gasteiger charge is 2.43. The van der Waals surface area contributed by atoms with Crippen LogP contribution in [0.4, 0.5) is 0 Å². The first kappa shape index (κ1) is 19.1. The average Bonchev–Trinajstić information content (AvgIpc) is 2.84. The second kappa shape index (κ2) is 7.55. The smallest absolute Gasteiger partial charge is 0.261 e. The molecular weight excluding hydrogens is 340 g/mol. The lowest BCUT2D eigenvalue weighted by Crippen LogP contribution is -2.41. The first-order chi connectivity index (χ1) is 12.8. The Kier molecular flexibility index (Phi) is 5.35. The number of hydrogen-bond donors (Lipinski definition) is 1. The molecule has 1 aromatic rings. The van der Waals surface area contributed by atoms with E-state index in [0.717, 1.165) is 18.4 Å². The van der Waals surface area contributed by atoms with Crippen LogP contribution in [0.25, 0.3) is 0 Å². The van der Waals surface area contributed by atoms with Crippen LogP contribution in [0.1, 0.15) is 50.4 Å². The van der Waals surface area contributed by atoms with Gasteiger partial charge >= 0.3 is 0 Å². The quantitative estimate of drug-likeness (QED) is 0.887. The second-order valence-electron chi connectivity index (χ2n) is 7.96. The van der Waals surface area contributed by atoms with Crippen molar-refractivity contribution in [3.63, 3.8) is 0 Å². The zero-order valence-electron chi connectivity index (χ0n) is 16.3. The topological polar surface area (TPSA) is 79.0 Å². The van der Waals surface area contributed by atoms with Crippen LogP contribution in [-0.4, -0.2) is 46.2 Å². The molecule has 6 heteroatoms. The molecule has 3 rings (SSSR count). The van der Waals surface area contributed by atoms with E-state index in [-0.39, 0.29) is 17.8 Å². The number of guanidine groups is 1. The molecule has 1 fully saturated rings. The van der Waals surface area contributed by atoms with E-state index in [2.05, 4.69) is 18.8 Å². The molecule has 144 valence electrons. The predicted molar refractivity (Wildman–Crippen MR) is 106 cm³/mol. The fraction of sp³-hybridized carbons (Fsp3) is 0.476. The lowest BCUT2D eigenvalue weighted by Gasteiger charge is -2.29. The van der Waals surface area contributed by atoms with Crippen LogP contribution < -0.4 is 5.73 Å². The minimum Gasteiger partial charge on any atom is -0.369 e. The summed E-state index contributed by atoms with van der Waals surface area (Å²) in [7, 11) is 0. The van der Waals surface area contributed by atoms with Gasteiger partial charge in [-0.1, -0.05) is 32.0 Å². The lowest BCUT2D eigenvalue weighted by atomic mass is 9.91. The van der Waals surface area contributed by atoms with E-state index in [0.29, 0.717) is 31.0 Å². The van der Waals surface area contributed by atoms with E-state index in [1.54, 1.807) is 0 Å². The van der Waals surface area contributed by atoms with Crippen LogP contribution in [0.2, 0.25) is 0 Å². The number of hydrogen-bond acceptors (Lipinski definition) is 4. The normalized spacial score (nSPS) is 23.0. The Morgan fingerprint density at radius 2 is 1.89 bits per heavy atom. The van der Waals surface area contributed by atoms with Crippen molar-refractivity contribution in [1.29, 1.82) is 0 Å². The van der Waals surface area contributed by atoms with Crippen molar-refractivity contribution in [1.82, 2.24) is 9.80 Å². The third kappa shape index (κ3) is 4.04. The first-order valence-electron chi connectivity index (χ1n) is 9.53. The number of rotatable bonds is 4. The number of piperidine rings is 1. The molecule has 0 bridgehead atoms. The van der Waals surface area contributed by atoms with E-state index < -0.39 is 5.54 Å². The molecule has 2 aliphatic heterocycles. The van der Waals surface area contributed by atoms with Gasteiger partial charge in [-0.2, -0.15) is 0 Å². The highest BCUT2D eigenvalue weighted by atomic mass is 16.2. The molecule has 0 aromatic heterocycles. The number of carbonyl (C=O) groups is 2. The molecule has 2 aliphatic rings. The standard InChI is InChI=1S/C21H28N4O2/c1-15(2)13-21(3)19(27)25(20(22)23-21)14-16-9-11-24(12-10-16)18(26)17-7-5-4-6-8-17/h4-8,14-15H,9-13H2,1-3H3,(H2,22,23). The summed E-state index contributed by atoms with van der Waals surface area (Å²) < 4.78 is 0. The van der Waals surface area contributed by atoms with Gasteiger partial charge in [-0.25, -0.2) is 4.99 Å². The SMILES string of the molecule is CC(C)CC1(C)N=C(N)N(C=C2CCN(C(=O)c3ccccc3)CC2)C1=O. The summed E-state index contributed by atoms with van der Waals surface area (Å²) in [6.45, 7) is 7.28. The van der Waals surface area contributed by atoms with E-state index >= 15 is 0 Å². The average molecular weight is 368 g/mol. The maximum atomic E-state index is 12.8. The van der Waals surface area contributed by atoms with Gasteiger partial charge in [0.05, 0.1) is 0 Å². The van der Waals surface area contributed by atoms with Crippen LogP contribution in [0, 0.1) is 5.92 Å². The highest BCUT2D eigenvalue weighted by Crippen LogP contribution is 2.30. The lowest BCUT2D eigenvalue weighted by molar-refractivity contribution is -0.129. The molecule has 1 aromatic carbocycles. The Labute approximate surface area is 160 Å². The molecule has 0 radical (unpaired) electrons. The van der Waals surface area contributed by atoms with E-state index in [1.165, 1.54) is 4.90 Å². The number of likely N-dealkylation sites (tertiary alicyclic amines) is 1. The zero-order chi connectivity index (χ0) is 19.6. The van der Waals surface area contributed by atoms with Crippen LogP contribution in [0.15, 0.2) is 47.1 Å². The molecule has 2 heterocycles. The van der Waals surface area contributed by atoms with Crippen LogP contribution in [0.5, 0.6) is 0 Å². The molecular formula is C21H28N4O2. The van der Waals surface area contributed by atoms with Crippen LogP contribution in [0.3, 0.4) is 0 Å². The van der Waals surface area contributed by atoms with Crippen molar-refractivity contribution in [2.75, 3.05) is 13.1 Å². The van der Waals surface area contributed by atoms with E-state index in [1.807, 2.05) is 48.4 Å². The van der Waals surface area contributed by atoms with Gasteiger partial charge < -0.3 is 10.6 Å². The second-order valence-corrected chi connectivity index (χ2v) is 7.96. The molecule has 6 nitrogen and oxygen atoms in total. The summed E-state index contributed by atoms with van der Waals surface area (Å²) in [6, 6.07) is 9.32. The summed E-state index contributed by atoms with van der Waals surface area (Å²) in [5, 5.41) is 0. The van der Waals surface area contributed by atoms with E-state index in [9.17, 15) is 9.59 Å². The first-order valence-corrected chi connectivity index (χ1v) is 9.53. The van der Waals surface area contributed by atoms with Crippen molar-refractivity contribution in [3.05, 3.63) is 47.7 Å². The Morgan fingerprint density at radius 3 is 2.48 bits per heavy atom. The summed E-state index contributed by atoms with van der Waals surface area (Å²) in [5.41, 5.74) is 7.08. The molecule has 2 N–H and O–H groups in total. The molecule has 1 atom stereocenters. The zero-order valence-corrected chi connectivity index (χ0v) is 16.3.